The van der Waals surface area contributed by atoms with Gasteiger partial charge in [-0.05, 0) is 33.1 Å². The highest BCUT2D eigenvalue weighted by atomic mass is 16.6. The second-order valence-corrected chi connectivity index (χ2v) is 4.07. The lowest BCUT2D eigenvalue weighted by Crippen LogP contribution is -2.24. The molecule has 0 amide bonds. The average Bonchev–Trinajstić information content (AvgIpc) is 2.60. The molecule has 2 heteroatoms. The summed E-state index contributed by atoms with van der Waals surface area (Å²) in [6.07, 6.45) is 2.62. The largest absolute Gasteiger partial charge is 0.459 e. The summed E-state index contributed by atoms with van der Waals surface area (Å²) in [6, 6.07) is 0. The summed E-state index contributed by atoms with van der Waals surface area (Å²) in [5.74, 6) is 0.979. The standard InChI is InChI=1S/C10H15O2/c1-5-7-6-8(7)9(11)12-10(2,3)4/h5,7H,1,6H2,2-4H3. The fourth-order valence-corrected chi connectivity index (χ4v) is 0.982. The second kappa shape index (κ2) is 2.92. The van der Waals surface area contributed by atoms with Gasteiger partial charge >= 0.3 is 5.97 Å². The third-order valence-corrected chi connectivity index (χ3v) is 1.67. The van der Waals surface area contributed by atoms with Crippen molar-refractivity contribution in [1.82, 2.24) is 0 Å². The van der Waals surface area contributed by atoms with E-state index < -0.39 is 0 Å². The normalized spacial score (nSPS) is 23.4. The van der Waals surface area contributed by atoms with Crippen molar-refractivity contribution in [2.45, 2.75) is 32.8 Å². The Hall–Kier alpha value is -0.790. The maximum atomic E-state index is 11.3. The molecule has 2 nitrogen and oxygen atoms in total. The Labute approximate surface area is 73.6 Å². The van der Waals surface area contributed by atoms with Crippen molar-refractivity contribution in [1.29, 1.82) is 0 Å². The van der Waals surface area contributed by atoms with Gasteiger partial charge in [0.15, 0.2) is 0 Å². The Morgan fingerprint density at radius 1 is 1.67 bits per heavy atom. The van der Waals surface area contributed by atoms with E-state index in [0.29, 0.717) is 0 Å². The minimum Gasteiger partial charge on any atom is -0.459 e. The predicted molar refractivity (Wildman–Crippen MR) is 47.4 cm³/mol. The van der Waals surface area contributed by atoms with Crippen LogP contribution < -0.4 is 0 Å². The Balaban J connectivity index is 2.36. The number of hydrogen-bond donors (Lipinski definition) is 0. The average molecular weight is 167 g/mol. The van der Waals surface area contributed by atoms with Gasteiger partial charge in [-0.2, -0.15) is 0 Å². The number of ether oxygens (including phenoxy) is 1. The van der Waals surface area contributed by atoms with Crippen LogP contribution in [-0.2, 0) is 9.53 Å². The van der Waals surface area contributed by atoms with Crippen molar-refractivity contribution < 1.29 is 9.53 Å². The van der Waals surface area contributed by atoms with Crippen LogP contribution in [0.1, 0.15) is 27.2 Å². The Kier molecular flexibility index (Phi) is 2.27. The van der Waals surface area contributed by atoms with Crippen LogP contribution >= 0.6 is 0 Å². The lowest BCUT2D eigenvalue weighted by molar-refractivity contribution is -0.151. The van der Waals surface area contributed by atoms with E-state index in [2.05, 4.69) is 6.58 Å². The molecular weight excluding hydrogens is 152 g/mol. The number of carbonyl (C=O) groups is 1. The molecule has 0 bridgehead atoms. The topological polar surface area (TPSA) is 26.3 Å². The third kappa shape index (κ3) is 2.36. The van der Waals surface area contributed by atoms with Crippen LogP contribution in [-0.4, -0.2) is 11.6 Å². The van der Waals surface area contributed by atoms with Crippen molar-refractivity contribution in [3.63, 3.8) is 0 Å². The van der Waals surface area contributed by atoms with E-state index in [4.69, 9.17) is 4.74 Å². The molecule has 0 heterocycles. The first-order valence-corrected chi connectivity index (χ1v) is 4.15. The highest BCUT2D eigenvalue weighted by Crippen LogP contribution is 2.43. The molecule has 12 heavy (non-hydrogen) atoms. The summed E-state index contributed by atoms with van der Waals surface area (Å²) in [5, 5.41) is 0. The minimum atomic E-state index is -0.377. The molecule has 67 valence electrons. The lowest BCUT2D eigenvalue weighted by atomic mass is 10.2. The zero-order valence-electron chi connectivity index (χ0n) is 7.89. The fraction of sp³-hybridized carbons (Fsp3) is 0.600. The van der Waals surface area contributed by atoms with E-state index in [-0.39, 0.29) is 17.5 Å². The van der Waals surface area contributed by atoms with Gasteiger partial charge in [-0.1, -0.05) is 6.08 Å². The van der Waals surface area contributed by atoms with E-state index in [1.54, 1.807) is 6.08 Å². The Bertz CT molecular complexity index is 200. The number of carbonyl (C=O) groups excluding carboxylic acids is 1. The first-order valence-electron chi connectivity index (χ1n) is 4.15. The van der Waals surface area contributed by atoms with Crippen LogP contribution in [0.3, 0.4) is 0 Å². The summed E-state index contributed by atoms with van der Waals surface area (Å²) in [4.78, 5) is 11.3. The van der Waals surface area contributed by atoms with Gasteiger partial charge in [0.1, 0.15) is 5.60 Å². The van der Waals surface area contributed by atoms with Crippen molar-refractivity contribution in [2.75, 3.05) is 0 Å². The summed E-state index contributed by atoms with van der Waals surface area (Å²) in [5.41, 5.74) is -0.377. The van der Waals surface area contributed by atoms with Crippen LogP contribution in [0.15, 0.2) is 12.7 Å². The quantitative estimate of drug-likeness (QED) is 0.465. The smallest absolute Gasteiger partial charge is 0.314 e. The van der Waals surface area contributed by atoms with Crippen LogP contribution in [0.25, 0.3) is 0 Å². The molecule has 1 aliphatic rings. The van der Waals surface area contributed by atoms with Crippen molar-refractivity contribution in [3.05, 3.63) is 18.6 Å². The SMILES string of the molecule is C=CC1C[C]1C(=O)OC(C)(C)C. The molecular formula is C10H15O2. The Morgan fingerprint density at radius 2 is 2.25 bits per heavy atom. The molecule has 1 atom stereocenters. The first-order chi connectivity index (χ1) is 5.44. The highest BCUT2D eigenvalue weighted by Gasteiger charge is 2.44. The van der Waals surface area contributed by atoms with E-state index in [0.717, 1.165) is 12.3 Å². The van der Waals surface area contributed by atoms with Crippen molar-refractivity contribution in [3.8, 4) is 0 Å². The van der Waals surface area contributed by atoms with Gasteiger partial charge in [0.25, 0.3) is 0 Å². The molecule has 0 aromatic carbocycles. The number of allylic oxidation sites excluding steroid dienone is 1. The van der Waals surface area contributed by atoms with Gasteiger partial charge in [0.2, 0.25) is 0 Å². The predicted octanol–water partition coefficient (Wildman–Crippen LogP) is 2.11. The second-order valence-electron chi connectivity index (χ2n) is 4.07. The molecule has 0 saturated heterocycles. The first kappa shape index (κ1) is 9.30. The molecule has 1 rings (SSSR count). The number of hydrogen-bond acceptors (Lipinski definition) is 2. The van der Waals surface area contributed by atoms with E-state index in [1.807, 2.05) is 20.8 Å². The minimum absolute atomic E-state index is 0.160. The molecule has 0 spiro atoms. The van der Waals surface area contributed by atoms with Gasteiger partial charge in [0.05, 0.1) is 5.92 Å². The molecule has 1 aliphatic carbocycles. The van der Waals surface area contributed by atoms with Gasteiger partial charge in [-0.15, -0.1) is 6.58 Å². The number of rotatable bonds is 2. The molecule has 0 aromatic rings. The van der Waals surface area contributed by atoms with E-state index >= 15 is 0 Å². The van der Waals surface area contributed by atoms with E-state index in [9.17, 15) is 4.79 Å². The maximum Gasteiger partial charge on any atom is 0.314 e. The lowest BCUT2D eigenvalue weighted by Gasteiger charge is -2.19. The van der Waals surface area contributed by atoms with Gasteiger partial charge in [-0.3, -0.25) is 4.79 Å². The van der Waals surface area contributed by atoms with Crippen molar-refractivity contribution >= 4 is 5.97 Å². The summed E-state index contributed by atoms with van der Waals surface area (Å²) >= 11 is 0. The summed E-state index contributed by atoms with van der Waals surface area (Å²) < 4.78 is 5.17. The molecule has 1 saturated carbocycles. The fourth-order valence-electron chi connectivity index (χ4n) is 0.982. The molecule has 1 unspecified atom stereocenters. The molecule has 0 aromatic heterocycles. The monoisotopic (exact) mass is 167 g/mol. The Morgan fingerprint density at radius 3 is 2.58 bits per heavy atom. The van der Waals surface area contributed by atoms with E-state index in [1.165, 1.54) is 0 Å². The molecule has 1 radical (unpaired) electrons. The summed E-state index contributed by atoms with van der Waals surface area (Å²) in [6.45, 7) is 9.24. The summed E-state index contributed by atoms with van der Waals surface area (Å²) in [7, 11) is 0. The van der Waals surface area contributed by atoms with Crippen LogP contribution in [0.5, 0.6) is 0 Å². The van der Waals surface area contributed by atoms with Gasteiger partial charge in [0, 0.05) is 0 Å². The molecule has 1 fully saturated rings. The number of esters is 1. The van der Waals surface area contributed by atoms with Gasteiger partial charge < -0.3 is 4.74 Å². The van der Waals surface area contributed by atoms with Crippen LogP contribution in [0.2, 0.25) is 0 Å². The zero-order valence-corrected chi connectivity index (χ0v) is 7.89. The van der Waals surface area contributed by atoms with Crippen LogP contribution in [0, 0.1) is 11.8 Å². The highest BCUT2D eigenvalue weighted by molar-refractivity contribution is 5.90. The molecule has 0 aliphatic heterocycles. The zero-order chi connectivity index (χ0) is 9.35. The van der Waals surface area contributed by atoms with Crippen LogP contribution in [0.4, 0.5) is 0 Å². The van der Waals surface area contributed by atoms with Gasteiger partial charge in [-0.25, -0.2) is 0 Å². The maximum absolute atomic E-state index is 11.3. The molecule has 0 N–H and O–H groups in total. The third-order valence-electron chi connectivity index (χ3n) is 1.67. The van der Waals surface area contributed by atoms with Crippen molar-refractivity contribution in [2.24, 2.45) is 5.92 Å².